The quantitative estimate of drug-likeness (QED) is 0.891. The van der Waals surface area contributed by atoms with E-state index in [2.05, 4.69) is 49.9 Å². The number of methoxy groups -OCH3 is 1. The van der Waals surface area contributed by atoms with Gasteiger partial charge in [-0.25, -0.2) is 9.97 Å². The lowest BCUT2D eigenvalue weighted by atomic mass is 9.88. The molecule has 0 fully saturated rings. The van der Waals surface area contributed by atoms with Crippen LogP contribution in [0.25, 0.3) is 0 Å². The van der Waals surface area contributed by atoms with E-state index in [-0.39, 0.29) is 11.5 Å². The van der Waals surface area contributed by atoms with E-state index in [1.807, 2.05) is 13.1 Å². The third kappa shape index (κ3) is 3.42. The summed E-state index contributed by atoms with van der Waals surface area (Å²) in [6.45, 7) is 10.7. The highest BCUT2D eigenvalue weighted by Crippen LogP contribution is 2.34. The zero-order valence-corrected chi connectivity index (χ0v) is 12.5. The monoisotopic (exact) mass is 251 g/mol. The molecule has 18 heavy (non-hydrogen) atoms. The summed E-state index contributed by atoms with van der Waals surface area (Å²) in [6, 6.07) is 1.99. The predicted molar refractivity (Wildman–Crippen MR) is 74.9 cm³/mol. The molecule has 1 aromatic heterocycles. The first-order valence-electron chi connectivity index (χ1n) is 6.39. The predicted octanol–water partition coefficient (Wildman–Crippen LogP) is 3.38. The Morgan fingerprint density at radius 2 is 1.83 bits per heavy atom. The van der Waals surface area contributed by atoms with E-state index < -0.39 is 0 Å². The van der Waals surface area contributed by atoms with Crippen LogP contribution in [0.2, 0.25) is 0 Å². The normalized spacial score (nSPS) is 13.8. The van der Waals surface area contributed by atoms with Gasteiger partial charge in [-0.3, -0.25) is 0 Å². The maximum absolute atomic E-state index is 5.58. The first kappa shape index (κ1) is 14.9. The van der Waals surface area contributed by atoms with Gasteiger partial charge in [-0.2, -0.15) is 0 Å². The fraction of sp³-hybridized carbons (Fsp3) is 0.714. The minimum absolute atomic E-state index is 0.0324. The summed E-state index contributed by atoms with van der Waals surface area (Å²) in [6.07, 6.45) is -0.108. The Hall–Kier alpha value is -1.16. The van der Waals surface area contributed by atoms with Crippen molar-refractivity contribution in [1.82, 2.24) is 9.97 Å². The van der Waals surface area contributed by atoms with Crippen LogP contribution in [0.3, 0.4) is 0 Å². The third-order valence-electron chi connectivity index (χ3n) is 2.87. The van der Waals surface area contributed by atoms with Gasteiger partial charge in [0.2, 0.25) is 0 Å². The summed E-state index contributed by atoms with van der Waals surface area (Å²) in [5.41, 5.74) is 1.01. The average molecular weight is 251 g/mol. The van der Waals surface area contributed by atoms with Crippen LogP contribution in [0.1, 0.15) is 58.2 Å². The molecule has 0 saturated carbocycles. The van der Waals surface area contributed by atoms with E-state index in [9.17, 15) is 0 Å². The second kappa shape index (κ2) is 5.65. The summed E-state index contributed by atoms with van der Waals surface area (Å²) in [4.78, 5) is 9.17. The molecule has 0 spiro atoms. The molecule has 102 valence electrons. The van der Waals surface area contributed by atoms with Crippen LogP contribution in [-0.4, -0.2) is 24.1 Å². The second-order valence-electron chi connectivity index (χ2n) is 5.92. The van der Waals surface area contributed by atoms with Crippen LogP contribution in [0, 0.1) is 5.41 Å². The van der Waals surface area contributed by atoms with Crippen molar-refractivity contribution >= 4 is 5.82 Å². The standard InChI is InChI=1S/C14H25N3O/c1-9(2)10-8-11(15-6)17-13(16-10)12(18-7)14(3,4)5/h8-9,12H,1-7H3,(H,15,16,17). The minimum atomic E-state index is -0.108. The summed E-state index contributed by atoms with van der Waals surface area (Å²) in [5, 5.41) is 3.09. The van der Waals surface area contributed by atoms with Crippen molar-refractivity contribution in [1.29, 1.82) is 0 Å². The number of anilines is 1. The maximum atomic E-state index is 5.58. The fourth-order valence-corrected chi connectivity index (χ4v) is 1.87. The van der Waals surface area contributed by atoms with Crippen LogP contribution >= 0.6 is 0 Å². The molecule has 0 bridgehead atoms. The molecule has 0 saturated heterocycles. The highest BCUT2D eigenvalue weighted by Gasteiger charge is 2.29. The summed E-state index contributed by atoms with van der Waals surface area (Å²) in [7, 11) is 3.58. The van der Waals surface area contributed by atoms with E-state index in [0.717, 1.165) is 17.3 Å². The number of nitrogens with zero attached hydrogens (tertiary/aromatic N) is 2. The molecule has 4 nitrogen and oxygen atoms in total. The van der Waals surface area contributed by atoms with Gasteiger partial charge in [0.05, 0.1) is 0 Å². The van der Waals surface area contributed by atoms with Crippen molar-refractivity contribution in [2.45, 2.75) is 46.6 Å². The molecule has 0 aromatic carbocycles. The number of hydrogen-bond donors (Lipinski definition) is 1. The lowest BCUT2D eigenvalue weighted by molar-refractivity contribution is 0.00858. The second-order valence-corrected chi connectivity index (χ2v) is 5.92. The number of nitrogens with one attached hydrogen (secondary N) is 1. The Morgan fingerprint density at radius 1 is 1.22 bits per heavy atom. The Morgan fingerprint density at radius 3 is 2.22 bits per heavy atom. The van der Waals surface area contributed by atoms with Crippen LogP contribution in [0.5, 0.6) is 0 Å². The van der Waals surface area contributed by atoms with Gasteiger partial charge in [-0.1, -0.05) is 34.6 Å². The fourth-order valence-electron chi connectivity index (χ4n) is 1.87. The molecule has 1 atom stereocenters. The number of hydrogen-bond acceptors (Lipinski definition) is 4. The van der Waals surface area contributed by atoms with E-state index in [0.29, 0.717) is 5.92 Å². The van der Waals surface area contributed by atoms with Gasteiger partial charge in [-0.05, 0) is 11.3 Å². The van der Waals surface area contributed by atoms with Gasteiger partial charge in [-0.15, -0.1) is 0 Å². The molecule has 0 aliphatic carbocycles. The molecule has 1 N–H and O–H groups in total. The molecule has 1 heterocycles. The highest BCUT2D eigenvalue weighted by atomic mass is 16.5. The third-order valence-corrected chi connectivity index (χ3v) is 2.87. The van der Waals surface area contributed by atoms with Crippen molar-refractivity contribution in [2.75, 3.05) is 19.5 Å². The molecule has 4 heteroatoms. The molecule has 0 amide bonds. The van der Waals surface area contributed by atoms with Crippen molar-refractivity contribution in [3.05, 3.63) is 17.6 Å². The first-order chi connectivity index (χ1) is 8.29. The van der Waals surface area contributed by atoms with E-state index in [1.54, 1.807) is 7.11 Å². The summed E-state index contributed by atoms with van der Waals surface area (Å²) in [5.74, 6) is 1.96. The summed E-state index contributed by atoms with van der Waals surface area (Å²) < 4.78 is 5.58. The molecule has 0 aliphatic heterocycles. The SMILES string of the molecule is CNc1cc(C(C)C)nc(C(OC)C(C)(C)C)n1. The van der Waals surface area contributed by atoms with E-state index in [1.165, 1.54) is 0 Å². The van der Waals surface area contributed by atoms with E-state index >= 15 is 0 Å². The molecular formula is C14H25N3O. The van der Waals surface area contributed by atoms with Crippen LogP contribution in [-0.2, 0) is 4.74 Å². The topological polar surface area (TPSA) is 47.0 Å². The van der Waals surface area contributed by atoms with Crippen molar-refractivity contribution in [3.63, 3.8) is 0 Å². The minimum Gasteiger partial charge on any atom is -0.373 e. The van der Waals surface area contributed by atoms with Gasteiger partial charge in [0.15, 0.2) is 5.82 Å². The van der Waals surface area contributed by atoms with Crippen LogP contribution < -0.4 is 5.32 Å². The molecule has 1 rings (SSSR count). The Labute approximate surface area is 110 Å². The largest absolute Gasteiger partial charge is 0.373 e. The van der Waals surface area contributed by atoms with E-state index in [4.69, 9.17) is 4.74 Å². The van der Waals surface area contributed by atoms with Gasteiger partial charge in [0, 0.05) is 25.9 Å². The smallest absolute Gasteiger partial charge is 0.160 e. The lowest BCUT2D eigenvalue weighted by Gasteiger charge is -2.28. The molecule has 0 radical (unpaired) electrons. The first-order valence-corrected chi connectivity index (χ1v) is 6.39. The Kier molecular flexibility index (Phi) is 4.68. The number of aromatic nitrogens is 2. The Balaban J connectivity index is 3.26. The van der Waals surface area contributed by atoms with Crippen LogP contribution in [0.15, 0.2) is 6.07 Å². The molecule has 1 aromatic rings. The van der Waals surface area contributed by atoms with Gasteiger partial charge in [0.25, 0.3) is 0 Å². The van der Waals surface area contributed by atoms with Gasteiger partial charge < -0.3 is 10.1 Å². The zero-order valence-electron chi connectivity index (χ0n) is 12.5. The van der Waals surface area contributed by atoms with Crippen LogP contribution in [0.4, 0.5) is 5.82 Å². The lowest BCUT2D eigenvalue weighted by Crippen LogP contribution is -2.23. The highest BCUT2D eigenvalue weighted by molar-refractivity contribution is 5.36. The summed E-state index contributed by atoms with van der Waals surface area (Å²) >= 11 is 0. The zero-order chi connectivity index (χ0) is 13.9. The van der Waals surface area contributed by atoms with Crippen molar-refractivity contribution in [2.24, 2.45) is 5.41 Å². The number of ether oxygens (including phenoxy) is 1. The Bertz CT molecular complexity index is 397. The van der Waals surface area contributed by atoms with Gasteiger partial charge in [0.1, 0.15) is 11.9 Å². The molecule has 1 unspecified atom stereocenters. The maximum Gasteiger partial charge on any atom is 0.160 e. The van der Waals surface area contributed by atoms with Gasteiger partial charge >= 0.3 is 0 Å². The molecular weight excluding hydrogens is 226 g/mol. The average Bonchev–Trinajstić information content (AvgIpc) is 2.27. The molecule has 0 aliphatic rings. The number of rotatable bonds is 4. The van der Waals surface area contributed by atoms with Crippen molar-refractivity contribution < 1.29 is 4.74 Å². The van der Waals surface area contributed by atoms with Crippen molar-refractivity contribution in [3.8, 4) is 0 Å².